The van der Waals surface area contributed by atoms with Crippen molar-refractivity contribution in [3.8, 4) is 17.2 Å². The number of rotatable bonds is 5. The summed E-state index contributed by atoms with van der Waals surface area (Å²) in [6.07, 6.45) is 1.62. The fraction of sp³-hybridized carbons (Fsp3) is 0.276. The molecule has 1 aliphatic heterocycles. The summed E-state index contributed by atoms with van der Waals surface area (Å²) in [4.78, 5) is 27.7. The van der Waals surface area contributed by atoms with Crippen LogP contribution in [0, 0.1) is 13.8 Å². The van der Waals surface area contributed by atoms with Crippen LogP contribution in [0.4, 0.5) is 5.69 Å². The van der Waals surface area contributed by atoms with Gasteiger partial charge in [-0.15, -0.1) is 0 Å². The van der Waals surface area contributed by atoms with Gasteiger partial charge in [0.25, 0.3) is 11.8 Å². The topological polar surface area (TPSA) is 72.8 Å². The van der Waals surface area contributed by atoms with Gasteiger partial charge in [-0.05, 0) is 79.0 Å². The Labute approximate surface area is 222 Å². The molecule has 3 aromatic rings. The Morgan fingerprint density at radius 3 is 2.22 bits per heavy atom. The van der Waals surface area contributed by atoms with E-state index in [-0.39, 0.29) is 16.1 Å². The first kappa shape index (κ1) is 26.2. The molecule has 1 N–H and O–H groups in total. The highest BCUT2D eigenvalue weighted by Gasteiger charge is 2.36. The summed E-state index contributed by atoms with van der Waals surface area (Å²) in [5, 5.41) is 2.62. The molecule has 0 unspecified atom stereocenters. The molecular weight excluding hydrogens is 486 g/mol. The van der Waals surface area contributed by atoms with Gasteiger partial charge >= 0.3 is 0 Å². The van der Waals surface area contributed by atoms with Crippen LogP contribution in [0.15, 0.2) is 54.1 Å². The van der Waals surface area contributed by atoms with E-state index in [9.17, 15) is 9.59 Å². The zero-order valence-electron chi connectivity index (χ0n) is 22.1. The number of ether oxygens (including phenoxy) is 2. The number of nitrogens with one attached hydrogen (secondary N) is 1. The zero-order valence-corrected chi connectivity index (χ0v) is 22.9. The maximum atomic E-state index is 13.6. The van der Waals surface area contributed by atoms with Crippen LogP contribution in [-0.4, -0.2) is 35.7 Å². The molecule has 0 radical (unpaired) electrons. The van der Waals surface area contributed by atoms with Gasteiger partial charge in [0.2, 0.25) is 0 Å². The van der Waals surface area contributed by atoms with E-state index in [4.69, 9.17) is 21.7 Å². The summed E-state index contributed by atoms with van der Waals surface area (Å²) < 4.78 is 12.8. The molecule has 1 fully saturated rings. The third-order valence-corrected chi connectivity index (χ3v) is 6.78. The Morgan fingerprint density at radius 2 is 1.62 bits per heavy atom. The molecule has 0 bridgehead atoms. The minimum absolute atomic E-state index is 0.0139. The smallest absolute Gasteiger partial charge is 0.270 e. The van der Waals surface area contributed by atoms with Gasteiger partial charge in [0.1, 0.15) is 17.1 Å². The van der Waals surface area contributed by atoms with Crippen molar-refractivity contribution in [1.29, 1.82) is 0 Å². The summed E-state index contributed by atoms with van der Waals surface area (Å²) in [6, 6.07) is 15.4. The molecule has 0 saturated carbocycles. The average Bonchev–Trinajstić information content (AvgIpc) is 3.13. The number of amides is 2. The molecule has 1 aliphatic rings. The maximum absolute atomic E-state index is 13.6. The Morgan fingerprint density at radius 1 is 0.946 bits per heavy atom. The van der Waals surface area contributed by atoms with Gasteiger partial charge in [-0.2, -0.15) is 0 Å². The standard InChI is InChI=1S/C29H31N3O4S/c1-17-14-19(18(2)31(17)21-10-8-20(9-11-21)29(3,4)5)15-23-26(33)30-28(37)32(27(23)34)24-13-12-22(35-6)16-25(24)36-7/h8-16H,1-7H3,(H,30,33,37)/b23-15+. The maximum Gasteiger partial charge on any atom is 0.270 e. The van der Waals surface area contributed by atoms with Crippen LogP contribution in [0.5, 0.6) is 11.5 Å². The number of aryl methyl sites for hydroxylation is 1. The van der Waals surface area contributed by atoms with Crippen molar-refractivity contribution in [3.05, 3.63) is 76.6 Å². The highest BCUT2D eigenvalue weighted by molar-refractivity contribution is 7.80. The first-order valence-corrected chi connectivity index (χ1v) is 12.3. The third-order valence-electron chi connectivity index (χ3n) is 6.49. The van der Waals surface area contributed by atoms with E-state index in [1.54, 1.807) is 31.4 Å². The molecule has 192 valence electrons. The molecule has 2 amide bonds. The van der Waals surface area contributed by atoms with Crippen LogP contribution >= 0.6 is 12.2 Å². The monoisotopic (exact) mass is 517 g/mol. The van der Waals surface area contributed by atoms with Gasteiger partial charge in [0.05, 0.1) is 19.9 Å². The van der Waals surface area contributed by atoms with Crippen molar-refractivity contribution in [3.63, 3.8) is 0 Å². The number of hydrogen-bond acceptors (Lipinski definition) is 5. The second-order valence-electron chi connectivity index (χ2n) is 9.95. The van der Waals surface area contributed by atoms with E-state index >= 15 is 0 Å². The minimum Gasteiger partial charge on any atom is -0.497 e. The summed E-state index contributed by atoms with van der Waals surface area (Å²) in [5.74, 6) is -0.115. The average molecular weight is 518 g/mol. The van der Waals surface area contributed by atoms with Gasteiger partial charge in [0.15, 0.2) is 5.11 Å². The number of anilines is 1. The van der Waals surface area contributed by atoms with Crippen molar-refractivity contribution in [2.24, 2.45) is 0 Å². The van der Waals surface area contributed by atoms with E-state index < -0.39 is 11.8 Å². The van der Waals surface area contributed by atoms with E-state index in [1.807, 2.05) is 19.9 Å². The highest BCUT2D eigenvalue weighted by atomic mass is 32.1. The summed E-state index contributed by atoms with van der Waals surface area (Å²) in [5.41, 5.74) is 5.38. The SMILES string of the molecule is COc1ccc(N2C(=O)/C(=C/c3cc(C)n(-c4ccc(C(C)(C)C)cc4)c3C)C(=O)NC2=S)c(OC)c1. The first-order valence-electron chi connectivity index (χ1n) is 11.9. The number of carbonyl (C=O) groups is 2. The summed E-state index contributed by atoms with van der Waals surface area (Å²) in [6.45, 7) is 10.5. The van der Waals surface area contributed by atoms with Crippen LogP contribution < -0.4 is 19.7 Å². The van der Waals surface area contributed by atoms with Gasteiger partial charge in [-0.3, -0.25) is 14.9 Å². The number of benzene rings is 2. The van der Waals surface area contributed by atoms with Crippen molar-refractivity contribution in [2.75, 3.05) is 19.1 Å². The molecule has 0 atom stereocenters. The first-order chi connectivity index (χ1) is 17.5. The van der Waals surface area contributed by atoms with Gasteiger partial charge in [0, 0.05) is 23.1 Å². The summed E-state index contributed by atoms with van der Waals surface area (Å²) >= 11 is 5.36. The van der Waals surface area contributed by atoms with Crippen LogP contribution in [0.25, 0.3) is 11.8 Å². The lowest BCUT2D eigenvalue weighted by molar-refractivity contribution is -0.122. The van der Waals surface area contributed by atoms with E-state index in [0.717, 1.165) is 22.6 Å². The number of aromatic nitrogens is 1. The van der Waals surface area contributed by atoms with Crippen LogP contribution in [-0.2, 0) is 15.0 Å². The number of methoxy groups -OCH3 is 2. The van der Waals surface area contributed by atoms with E-state index in [2.05, 4.69) is 54.9 Å². The van der Waals surface area contributed by atoms with Crippen molar-refractivity contribution in [1.82, 2.24) is 9.88 Å². The molecule has 1 aromatic heterocycles. The lowest BCUT2D eigenvalue weighted by Crippen LogP contribution is -2.54. The van der Waals surface area contributed by atoms with E-state index in [1.165, 1.54) is 17.6 Å². The van der Waals surface area contributed by atoms with E-state index in [0.29, 0.717) is 17.2 Å². The predicted octanol–water partition coefficient (Wildman–Crippen LogP) is 5.24. The Balaban J connectivity index is 1.74. The third kappa shape index (κ3) is 4.89. The molecular formula is C29H31N3O4S. The fourth-order valence-corrected chi connectivity index (χ4v) is 4.72. The molecule has 2 heterocycles. The molecule has 37 heavy (non-hydrogen) atoms. The number of nitrogens with zero attached hydrogens (tertiary/aromatic N) is 2. The molecule has 2 aromatic carbocycles. The lowest BCUT2D eigenvalue weighted by atomic mass is 9.87. The van der Waals surface area contributed by atoms with Crippen molar-refractivity contribution < 1.29 is 19.1 Å². The quantitative estimate of drug-likeness (QED) is 0.285. The van der Waals surface area contributed by atoms with Crippen LogP contribution in [0.2, 0.25) is 0 Å². The Bertz CT molecular complexity index is 1430. The predicted molar refractivity (Wildman–Crippen MR) is 150 cm³/mol. The number of hydrogen-bond donors (Lipinski definition) is 1. The molecule has 0 spiro atoms. The van der Waals surface area contributed by atoms with Crippen LogP contribution in [0.3, 0.4) is 0 Å². The normalized spacial score (nSPS) is 15.3. The van der Waals surface area contributed by atoms with Crippen LogP contribution in [0.1, 0.15) is 43.3 Å². The summed E-state index contributed by atoms with van der Waals surface area (Å²) in [7, 11) is 3.04. The number of thiocarbonyl (C=S) groups is 1. The molecule has 4 rings (SSSR count). The van der Waals surface area contributed by atoms with Crippen molar-refractivity contribution >= 4 is 40.9 Å². The zero-order chi connectivity index (χ0) is 27.1. The van der Waals surface area contributed by atoms with Crippen molar-refractivity contribution in [2.45, 2.75) is 40.0 Å². The Hall–Kier alpha value is -3.91. The second-order valence-corrected chi connectivity index (χ2v) is 10.3. The number of carbonyl (C=O) groups excluding carboxylic acids is 2. The molecule has 7 nitrogen and oxygen atoms in total. The molecule has 0 aliphatic carbocycles. The van der Waals surface area contributed by atoms with Gasteiger partial charge in [-0.1, -0.05) is 32.9 Å². The minimum atomic E-state index is -0.543. The largest absolute Gasteiger partial charge is 0.497 e. The van der Waals surface area contributed by atoms with Gasteiger partial charge in [-0.25, -0.2) is 4.90 Å². The lowest BCUT2D eigenvalue weighted by Gasteiger charge is -2.30. The Kier molecular flexibility index (Phi) is 6.97. The molecule has 1 saturated heterocycles. The van der Waals surface area contributed by atoms with Gasteiger partial charge < -0.3 is 14.0 Å². The fourth-order valence-electron chi connectivity index (χ4n) is 4.44. The molecule has 8 heteroatoms. The second kappa shape index (κ2) is 9.86. The highest BCUT2D eigenvalue weighted by Crippen LogP contribution is 2.35.